The van der Waals surface area contributed by atoms with Gasteiger partial charge in [0.15, 0.2) is 5.16 Å². The fourth-order valence-corrected chi connectivity index (χ4v) is 4.09. The summed E-state index contributed by atoms with van der Waals surface area (Å²) in [4.78, 5) is 12.2. The van der Waals surface area contributed by atoms with Gasteiger partial charge in [-0.05, 0) is 32.1 Å². The van der Waals surface area contributed by atoms with Crippen molar-refractivity contribution >= 4 is 17.7 Å². The molecule has 3 rings (SSSR count). The fourth-order valence-electron chi connectivity index (χ4n) is 3.31. The van der Waals surface area contributed by atoms with Crippen LogP contribution in [0.1, 0.15) is 76.5 Å². The van der Waals surface area contributed by atoms with Crippen LogP contribution >= 0.6 is 11.8 Å². The molecule has 23 heavy (non-hydrogen) atoms. The van der Waals surface area contributed by atoms with E-state index in [2.05, 4.69) is 27.0 Å². The van der Waals surface area contributed by atoms with Crippen LogP contribution in [-0.2, 0) is 11.3 Å². The highest BCUT2D eigenvalue weighted by Crippen LogP contribution is 2.40. The van der Waals surface area contributed by atoms with Gasteiger partial charge < -0.3 is 9.88 Å². The topological polar surface area (TPSA) is 59.8 Å². The minimum Gasteiger partial charge on any atom is -0.353 e. The first-order chi connectivity index (χ1) is 11.3. The van der Waals surface area contributed by atoms with E-state index in [0.29, 0.717) is 17.7 Å². The molecule has 2 aliphatic carbocycles. The Kier molecular flexibility index (Phi) is 5.97. The normalized spacial score (nSPS) is 19.5. The monoisotopic (exact) mass is 336 g/mol. The van der Waals surface area contributed by atoms with Crippen LogP contribution in [0.5, 0.6) is 0 Å². The summed E-state index contributed by atoms with van der Waals surface area (Å²) in [6, 6.07) is 0.376. The van der Waals surface area contributed by atoms with Gasteiger partial charge >= 0.3 is 0 Å². The highest BCUT2D eigenvalue weighted by atomic mass is 32.2. The standard InChI is InChI=1S/C17H28N4OS/c1-2-11-21-16(13-9-10-13)19-20-17(21)23-12-15(22)18-14-7-5-3-4-6-8-14/h13-14H,2-12H2,1H3,(H,18,22). The lowest BCUT2D eigenvalue weighted by molar-refractivity contribution is -0.119. The molecule has 1 N–H and O–H groups in total. The van der Waals surface area contributed by atoms with Crippen LogP contribution < -0.4 is 5.32 Å². The van der Waals surface area contributed by atoms with Crippen LogP contribution in [0.25, 0.3) is 0 Å². The molecule has 1 amide bonds. The minimum atomic E-state index is 0.140. The zero-order chi connectivity index (χ0) is 16.1. The third-order valence-corrected chi connectivity index (χ3v) is 5.65. The molecular formula is C17H28N4OS. The van der Waals surface area contributed by atoms with Crippen LogP contribution in [0.2, 0.25) is 0 Å². The van der Waals surface area contributed by atoms with Gasteiger partial charge in [0.25, 0.3) is 0 Å². The van der Waals surface area contributed by atoms with Crippen LogP contribution in [0.4, 0.5) is 0 Å². The van der Waals surface area contributed by atoms with Crippen molar-refractivity contribution in [2.45, 2.75) is 88.4 Å². The number of thioether (sulfide) groups is 1. The lowest BCUT2D eigenvalue weighted by atomic mass is 10.1. The fraction of sp³-hybridized carbons (Fsp3) is 0.824. The number of rotatable bonds is 7. The molecule has 0 bridgehead atoms. The highest BCUT2D eigenvalue weighted by molar-refractivity contribution is 7.99. The van der Waals surface area contributed by atoms with E-state index < -0.39 is 0 Å². The molecule has 0 saturated heterocycles. The summed E-state index contributed by atoms with van der Waals surface area (Å²) >= 11 is 1.53. The number of carbonyl (C=O) groups is 1. The Labute approximate surface area is 143 Å². The number of nitrogens with one attached hydrogen (secondary N) is 1. The third kappa shape index (κ3) is 4.72. The molecule has 1 heterocycles. The Balaban J connectivity index is 1.52. The molecule has 128 valence electrons. The maximum absolute atomic E-state index is 12.2. The largest absolute Gasteiger partial charge is 0.353 e. The number of carbonyl (C=O) groups excluding carboxylic acids is 1. The molecule has 0 aliphatic heterocycles. The first-order valence-electron chi connectivity index (χ1n) is 9.13. The van der Waals surface area contributed by atoms with E-state index in [1.54, 1.807) is 0 Å². The molecular weight excluding hydrogens is 308 g/mol. The maximum atomic E-state index is 12.2. The predicted octanol–water partition coefficient (Wildman–Crippen LogP) is 3.50. The summed E-state index contributed by atoms with van der Waals surface area (Å²) in [5.74, 6) is 2.31. The summed E-state index contributed by atoms with van der Waals surface area (Å²) < 4.78 is 2.22. The Morgan fingerprint density at radius 3 is 2.57 bits per heavy atom. The zero-order valence-corrected chi connectivity index (χ0v) is 14.9. The molecule has 2 fully saturated rings. The van der Waals surface area contributed by atoms with Crippen LogP contribution in [0.3, 0.4) is 0 Å². The number of aromatic nitrogens is 3. The molecule has 5 nitrogen and oxygen atoms in total. The lowest BCUT2D eigenvalue weighted by Gasteiger charge is -2.16. The average molecular weight is 337 g/mol. The van der Waals surface area contributed by atoms with Gasteiger partial charge in [0.2, 0.25) is 5.91 Å². The van der Waals surface area contributed by atoms with Gasteiger partial charge in [-0.3, -0.25) is 4.79 Å². The minimum absolute atomic E-state index is 0.140. The SMILES string of the molecule is CCCn1c(SCC(=O)NC2CCCCCC2)nnc1C1CC1. The van der Waals surface area contributed by atoms with Crippen molar-refractivity contribution in [3.8, 4) is 0 Å². The smallest absolute Gasteiger partial charge is 0.230 e. The molecule has 0 atom stereocenters. The van der Waals surface area contributed by atoms with Gasteiger partial charge in [-0.25, -0.2) is 0 Å². The van der Waals surface area contributed by atoms with Crippen molar-refractivity contribution in [2.24, 2.45) is 0 Å². The van der Waals surface area contributed by atoms with Crippen molar-refractivity contribution < 1.29 is 4.79 Å². The van der Waals surface area contributed by atoms with Crippen LogP contribution in [-0.4, -0.2) is 32.5 Å². The summed E-state index contributed by atoms with van der Waals surface area (Å²) in [5, 5.41) is 12.8. The number of hydrogen-bond donors (Lipinski definition) is 1. The van der Waals surface area contributed by atoms with E-state index in [1.165, 1.54) is 50.3 Å². The number of amides is 1. The van der Waals surface area contributed by atoms with E-state index in [1.807, 2.05) is 0 Å². The second-order valence-electron chi connectivity index (χ2n) is 6.81. The average Bonchev–Trinajstić information content (AvgIpc) is 3.34. The van der Waals surface area contributed by atoms with Gasteiger partial charge in [-0.15, -0.1) is 10.2 Å². The molecule has 0 unspecified atom stereocenters. The number of hydrogen-bond acceptors (Lipinski definition) is 4. The van der Waals surface area contributed by atoms with Crippen molar-refractivity contribution in [3.63, 3.8) is 0 Å². The van der Waals surface area contributed by atoms with Crippen molar-refractivity contribution in [2.75, 3.05) is 5.75 Å². The first kappa shape index (κ1) is 16.8. The Morgan fingerprint density at radius 1 is 1.17 bits per heavy atom. The molecule has 2 saturated carbocycles. The van der Waals surface area contributed by atoms with E-state index in [0.717, 1.165) is 36.8 Å². The lowest BCUT2D eigenvalue weighted by Crippen LogP contribution is -2.35. The quantitative estimate of drug-likeness (QED) is 0.611. The molecule has 6 heteroatoms. The van der Waals surface area contributed by atoms with E-state index in [-0.39, 0.29) is 5.91 Å². The van der Waals surface area contributed by atoms with Gasteiger partial charge in [0, 0.05) is 18.5 Å². The van der Waals surface area contributed by atoms with Crippen LogP contribution in [0.15, 0.2) is 5.16 Å². The second-order valence-corrected chi connectivity index (χ2v) is 7.75. The molecule has 0 spiro atoms. The highest BCUT2D eigenvalue weighted by Gasteiger charge is 2.30. The Bertz CT molecular complexity index is 519. The maximum Gasteiger partial charge on any atom is 0.230 e. The van der Waals surface area contributed by atoms with Crippen molar-refractivity contribution in [1.82, 2.24) is 20.1 Å². The van der Waals surface area contributed by atoms with E-state index in [9.17, 15) is 4.79 Å². The van der Waals surface area contributed by atoms with E-state index in [4.69, 9.17) is 0 Å². The van der Waals surface area contributed by atoms with Crippen LogP contribution in [0, 0.1) is 0 Å². The summed E-state index contributed by atoms with van der Waals surface area (Å²) in [6.07, 6.45) is 10.9. The Morgan fingerprint density at radius 2 is 1.91 bits per heavy atom. The molecule has 2 aliphatic rings. The molecule has 0 aromatic carbocycles. The summed E-state index contributed by atoms with van der Waals surface area (Å²) in [6.45, 7) is 3.12. The Hall–Kier alpha value is -1.04. The zero-order valence-electron chi connectivity index (χ0n) is 14.1. The summed E-state index contributed by atoms with van der Waals surface area (Å²) in [7, 11) is 0. The van der Waals surface area contributed by atoms with Crippen molar-refractivity contribution in [3.05, 3.63) is 5.82 Å². The molecule has 0 radical (unpaired) electrons. The first-order valence-corrected chi connectivity index (χ1v) is 10.1. The van der Waals surface area contributed by atoms with Gasteiger partial charge in [0.1, 0.15) is 5.82 Å². The predicted molar refractivity (Wildman–Crippen MR) is 92.6 cm³/mol. The van der Waals surface area contributed by atoms with Gasteiger partial charge in [-0.2, -0.15) is 0 Å². The van der Waals surface area contributed by atoms with Crippen molar-refractivity contribution in [1.29, 1.82) is 0 Å². The summed E-state index contributed by atoms with van der Waals surface area (Å²) in [5.41, 5.74) is 0. The van der Waals surface area contributed by atoms with Gasteiger partial charge in [0.05, 0.1) is 5.75 Å². The third-order valence-electron chi connectivity index (χ3n) is 4.69. The van der Waals surface area contributed by atoms with Gasteiger partial charge in [-0.1, -0.05) is 44.4 Å². The van der Waals surface area contributed by atoms with E-state index >= 15 is 0 Å². The molecule has 1 aromatic rings. The number of nitrogens with zero attached hydrogens (tertiary/aromatic N) is 3. The second kappa shape index (κ2) is 8.18. The molecule has 1 aromatic heterocycles.